The minimum atomic E-state index is -0.330. The molecule has 208 valence electrons. The highest BCUT2D eigenvalue weighted by Crippen LogP contribution is 2.24. The maximum atomic E-state index is 11.3. The molecule has 1 aromatic heterocycles. The lowest BCUT2D eigenvalue weighted by molar-refractivity contribution is -0.688. The number of aliphatic hydroxyl groups excluding tert-OH is 1. The molecule has 0 spiro atoms. The van der Waals surface area contributed by atoms with Gasteiger partial charge in [-0.25, -0.2) is 9.13 Å². The van der Waals surface area contributed by atoms with Crippen LogP contribution in [0.5, 0.6) is 0 Å². The van der Waals surface area contributed by atoms with Crippen molar-refractivity contribution < 1.29 is 43.2 Å². The zero-order valence-electron chi connectivity index (χ0n) is 23.1. The number of aromatic nitrogens is 2. The van der Waals surface area contributed by atoms with Crippen molar-refractivity contribution in [1.29, 1.82) is 0 Å². The Hall–Kier alpha value is -1.67. The molecule has 0 radical (unpaired) electrons. The molecular formula is C31H49IN2O3. The predicted octanol–water partition coefficient (Wildman–Crippen LogP) is 4.03. The second-order valence-corrected chi connectivity index (χ2v) is 10.1. The van der Waals surface area contributed by atoms with Crippen LogP contribution in [0.25, 0.3) is 6.08 Å². The Kier molecular flexibility index (Phi) is 18.3. The third-order valence-electron chi connectivity index (χ3n) is 7.08. The Bertz CT molecular complexity index is 866. The van der Waals surface area contributed by atoms with Crippen LogP contribution in [0.4, 0.5) is 0 Å². The van der Waals surface area contributed by atoms with Gasteiger partial charge in [0, 0.05) is 6.42 Å². The Labute approximate surface area is 242 Å². The molecular weight excluding hydrogens is 575 g/mol. The third kappa shape index (κ3) is 13.6. The van der Waals surface area contributed by atoms with Gasteiger partial charge in [-0.15, -0.1) is 0 Å². The molecule has 0 saturated carbocycles. The van der Waals surface area contributed by atoms with Crippen molar-refractivity contribution in [1.82, 2.24) is 4.57 Å². The summed E-state index contributed by atoms with van der Waals surface area (Å²) in [4.78, 5) is 11.3. The number of rotatable bonds is 20. The van der Waals surface area contributed by atoms with E-state index in [2.05, 4.69) is 65.6 Å². The maximum absolute atomic E-state index is 11.3. The van der Waals surface area contributed by atoms with Crippen LogP contribution < -0.4 is 28.5 Å². The Morgan fingerprint density at radius 2 is 1.62 bits per heavy atom. The molecule has 0 amide bonds. The number of unbranched alkanes of at least 4 members (excludes halogenated alkanes) is 9. The Balaban J connectivity index is 0.00000684. The summed E-state index contributed by atoms with van der Waals surface area (Å²) < 4.78 is 9.13. The van der Waals surface area contributed by atoms with Gasteiger partial charge in [0.1, 0.15) is 25.0 Å². The average molecular weight is 625 g/mol. The smallest absolute Gasteiger partial charge is 0.305 e. The molecule has 1 aromatic carbocycles. The number of carbonyl (C=O) groups is 1. The van der Waals surface area contributed by atoms with E-state index in [0.717, 1.165) is 63.5 Å². The quantitative estimate of drug-likeness (QED) is 0.105. The molecule has 2 unspecified atom stereocenters. The van der Waals surface area contributed by atoms with Gasteiger partial charge in [0.05, 0.1) is 13.2 Å². The number of benzene rings is 1. The molecule has 0 aliphatic rings. The van der Waals surface area contributed by atoms with Crippen molar-refractivity contribution in [3.63, 3.8) is 0 Å². The van der Waals surface area contributed by atoms with E-state index in [1.165, 1.54) is 44.8 Å². The fourth-order valence-corrected chi connectivity index (χ4v) is 4.79. The van der Waals surface area contributed by atoms with E-state index in [1.807, 2.05) is 6.08 Å². The van der Waals surface area contributed by atoms with Crippen molar-refractivity contribution in [2.24, 2.45) is 0 Å². The molecule has 0 aliphatic heterocycles. The van der Waals surface area contributed by atoms with Crippen molar-refractivity contribution in [3.8, 4) is 0 Å². The molecule has 0 saturated heterocycles. The van der Waals surface area contributed by atoms with Crippen LogP contribution in [0.3, 0.4) is 0 Å². The van der Waals surface area contributed by atoms with Crippen molar-refractivity contribution in [3.05, 3.63) is 60.7 Å². The van der Waals surface area contributed by atoms with Crippen molar-refractivity contribution >= 4 is 12.0 Å². The SMILES string of the molecule is C=Cc1ccc(C[n+]2ccn(C(CCCCCCCC(=O)OC)C(O)CCCCCCCC)c2)cc1.[I-]. The van der Waals surface area contributed by atoms with E-state index in [9.17, 15) is 9.90 Å². The Morgan fingerprint density at radius 1 is 1.00 bits per heavy atom. The van der Waals surface area contributed by atoms with Crippen LogP contribution in [-0.2, 0) is 16.1 Å². The molecule has 37 heavy (non-hydrogen) atoms. The number of esters is 1. The average Bonchev–Trinajstić information content (AvgIpc) is 3.35. The molecule has 2 atom stereocenters. The number of hydrogen-bond acceptors (Lipinski definition) is 3. The first-order valence-electron chi connectivity index (χ1n) is 14.1. The lowest BCUT2D eigenvalue weighted by Gasteiger charge is -2.20. The number of ether oxygens (including phenoxy) is 1. The molecule has 0 fully saturated rings. The second kappa shape index (κ2) is 20.3. The number of halogens is 1. The monoisotopic (exact) mass is 624 g/mol. The minimum Gasteiger partial charge on any atom is -1.00 e. The summed E-state index contributed by atoms with van der Waals surface area (Å²) >= 11 is 0. The first-order chi connectivity index (χ1) is 17.6. The number of aliphatic hydroxyl groups is 1. The fourth-order valence-electron chi connectivity index (χ4n) is 4.79. The molecule has 5 nitrogen and oxygen atoms in total. The summed E-state index contributed by atoms with van der Waals surface area (Å²) in [6.45, 7) is 6.88. The summed E-state index contributed by atoms with van der Waals surface area (Å²) in [5.74, 6) is -0.120. The maximum Gasteiger partial charge on any atom is 0.305 e. The zero-order valence-corrected chi connectivity index (χ0v) is 25.3. The lowest BCUT2D eigenvalue weighted by Crippen LogP contribution is -3.00. The number of carbonyl (C=O) groups excluding carboxylic acids is 1. The summed E-state index contributed by atoms with van der Waals surface area (Å²) in [5.41, 5.74) is 2.38. The predicted molar refractivity (Wildman–Crippen MR) is 148 cm³/mol. The summed E-state index contributed by atoms with van der Waals surface area (Å²) in [6.07, 6.45) is 22.9. The molecule has 1 heterocycles. The van der Waals surface area contributed by atoms with Gasteiger partial charge in [-0.2, -0.15) is 0 Å². The van der Waals surface area contributed by atoms with E-state index in [0.29, 0.717) is 6.42 Å². The highest BCUT2D eigenvalue weighted by molar-refractivity contribution is 5.68. The third-order valence-corrected chi connectivity index (χ3v) is 7.08. The van der Waals surface area contributed by atoms with E-state index >= 15 is 0 Å². The van der Waals surface area contributed by atoms with E-state index in [-0.39, 0.29) is 42.1 Å². The van der Waals surface area contributed by atoms with Gasteiger partial charge in [-0.05, 0) is 36.8 Å². The van der Waals surface area contributed by atoms with Crippen molar-refractivity contribution in [2.45, 2.75) is 116 Å². The molecule has 0 bridgehead atoms. The van der Waals surface area contributed by atoms with Gasteiger partial charge in [0.15, 0.2) is 0 Å². The normalized spacial score (nSPS) is 12.5. The fraction of sp³-hybridized carbons (Fsp3) is 0.613. The summed E-state index contributed by atoms with van der Waals surface area (Å²) in [7, 11) is 1.45. The van der Waals surface area contributed by atoms with Crippen LogP contribution in [0, 0.1) is 0 Å². The number of nitrogens with zero attached hydrogens (tertiary/aromatic N) is 2. The van der Waals surface area contributed by atoms with Crippen LogP contribution >= 0.6 is 0 Å². The van der Waals surface area contributed by atoms with E-state index in [4.69, 9.17) is 4.74 Å². The van der Waals surface area contributed by atoms with Crippen LogP contribution in [0.15, 0.2) is 49.6 Å². The lowest BCUT2D eigenvalue weighted by atomic mass is 9.97. The minimum absolute atomic E-state index is 0. The Morgan fingerprint density at radius 3 is 2.27 bits per heavy atom. The van der Waals surface area contributed by atoms with Gasteiger partial charge in [0.25, 0.3) is 0 Å². The van der Waals surface area contributed by atoms with Gasteiger partial charge in [-0.1, -0.05) is 102 Å². The van der Waals surface area contributed by atoms with E-state index < -0.39 is 0 Å². The first kappa shape index (κ1) is 33.4. The number of imidazole rings is 1. The van der Waals surface area contributed by atoms with Crippen LogP contribution in [-0.4, -0.2) is 28.9 Å². The summed E-state index contributed by atoms with van der Waals surface area (Å²) in [5, 5.41) is 11.2. The van der Waals surface area contributed by atoms with Crippen LogP contribution in [0.1, 0.15) is 114 Å². The summed E-state index contributed by atoms with van der Waals surface area (Å²) in [6, 6.07) is 8.58. The van der Waals surface area contributed by atoms with Gasteiger partial charge >= 0.3 is 5.97 Å². The number of hydrogen-bond donors (Lipinski definition) is 1. The molecule has 6 heteroatoms. The largest absolute Gasteiger partial charge is 1.00 e. The molecule has 0 aliphatic carbocycles. The topological polar surface area (TPSA) is 55.3 Å². The standard InChI is InChI=1S/C31H49N2O3.HI/c1-4-6-7-8-11-14-17-30(34)29(16-13-10-9-12-15-18-31(35)36-3)33-24-23-32(26-33)25-28-21-19-27(5-2)20-22-28;/h5,19-24,26,29-30,34H,2,4,6-18,25H2,1,3H3;1H/q+1;/p-1. The van der Waals surface area contributed by atoms with Gasteiger partial charge in [0.2, 0.25) is 6.33 Å². The van der Waals surface area contributed by atoms with Gasteiger partial charge in [-0.3, -0.25) is 4.79 Å². The first-order valence-corrected chi connectivity index (χ1v) is 14.1. The van der Waals surface area contributed by atoms with E-state index in [1.54, 1.807) is 0 Å². The zero-order chi connectivity index (χ0) is 26.0. The van der Waals surface area contributed by atoms with Crippen molar-refractivity contribution in [2.75, 3.05) is 7.11 Å². The molecule has 2 aromatic rings. The second-order valence-electron chi connectivity index (χ2n) is 10.1. The molecule has 1 N–H and O–H groups in total. The van der Waals surface area contributed by atoms with Gasteiger partial charge < -0.3 is 33.8 Å². The van der Waals surface area contributed by atoms with Crippen LogP contribution in [0.2, 0.25) is 0 Å². The number of methoxy groups -OCH3 is 1. The highest BCUT2D eigenvalue weighted by Gasteiger charge is 2.25. The highest BCUT2D eigenvalue weighted by atomic mass is 127. The molecule has 2 rings (SSSR count).